The highest BCUT2D eigenvalue weighted by atomic mass is 35.5. The lowest BCUT2D eigenvalue weighted by atomic mass is 9.89. The Morgan fingerprint density at radius 1 is 1.28 bits per heavy atom. The second-order valence-electron chi connectivity index (χ2n) is 7.92. The summed E-state index contributed by atoms with van der Waals surface area (Å²) in [6, 6.07) is 9.17. The molecule has 3 fully saturated rings. The van der Waals surface area contributed by atoms with Gasteiger partial charge in [0.25, 0.3) is 0 Å². The molecule has 3 heterocycles. The third-order valence-electron chi connectivity index (χ3n) is 6.04. The van der Waals surface area contributed by atoms with Crippen LogP contribution in [0.4, 0.5) is 0 Å². The topological polar surface area (TPSA) is 41.6 Å². The summed E-state index contributed by atoms with van der Waals surface area (Å²) in [5.74, 6) is 0.805. The molecular weight excluding hydrogens is 336 g/mol. The highest BCUT2D eigenvalue weighted by molar-refractivity contribution is 6.31. The van der Waals surface area contributed by atoms with Crippen molar-refractivity contribution in [3.05, 3.63) is 34.9 Å². The predicted molar refractivity (Wildman–Crippen MR) is 98.6 cm³/mol. The molecule has 4 rings (SSSR count). The molecule has 0 radical (unpaired) electrons. The Bertz CT molecular complexity index is 626. The van der Waals surface area contributed by atoms with Crippen molar-refractivity contribution in [1.82, 2.24) is 10.2 Å². The Morgan fingerprint density at radius 3 is 2.72 bits per heavy atom. The van der Waals surface area contributed by atoms with E-state index in [4.69, 9.17) is 16.3 Å². The zero-order chi connectivity index (χ0) is 17.4. The first-order valence-electron chi connectivity index (χ1n) is 9.51. The number of halogens is 1. The van der Waals surface area contributed by atoms with E-state index in [-0.39, 0.29) is 18.1 Å². The van der Waals surface area contributed by atoms with Crippen molar-refractivity contribution in [2.24, 2.45) is 5.92 Å². The van der Waals surface area contributed by atoms with Crippen LogP contribution in [0.3, 0.4) is 0 Å². The summed E-state index contributed by atoms with van der Waals surface area (Å²) >= 11 is 6.33. The number of amides is 1. The summed E-state index contributed by atoms with van der Waals surface area (Å²) in [5, 5.41) is 4.37. The number of ether oxygens (including phenoxy) is 1. The van der Waals surface area contributed by atoms with E-state index < -0.39 is 0 Å². The van der Waals surface area contributed by atoms with E-state index in [9.17, 15) is 4.79 Å². The van der Waals surface area contributed by atoms with Gasteiger partial charge in [0, 0.05) is 29.1 Å². The maximum Gasteiger partial charge on any atom is 0.223 e. The van der Waals surface area contributed by atoms with Gasteiger partial charge in [-0.1, -0.05) is 29.8 Å². The number of benzene rings is 1. The Kier molecular flexibility index (Phi) is 5.03. The van der Waals surface area contributed by atoms with Crippen molar-refractivity contribution in [2.75, 3.05) is 13.2 Å². The lowest BCUT2D eigenvalue weighted by Gasteiger charge is -2.39. The van der Waals surface area contributed by atoms with Gasteiger partial charge in [0.05, 0.1) is 19.2 Å². The average Bonchev–Trinajstić information content (AvgIpc) is 2.94. The molecule has 1 aromatic carbocycles. The minimum Gasteiger partial charge on any atom is -0.369 e. The number of carbonyl (C=O) groups excluding carboxylic acids is 1. The average molecular weight is 363 g/mol. The zero-order valence-corrected chi connectivity index (χ0v) is 15.5. The van der Waals surface area contributed by atoms with Gasteiger partial charge in [-0.3, -0.25) is 4.79 Å². The first kappa shape index (κ1) is 17.3. The van der Waals surface area contributed by atoms with Crippen molar-refractivity contribution in [2.45, 2.75) is 63.3 Å². The fourth-order valence-corrected chi connectivity index (χ4v) is 4.99. The first-order valence-corrected chi connectivity index (χ1v) is 9.89. The molecule has 5 heteroatoms. The van der Waals surface area contributed by atoms with Gasteiger partial charge in [-0.15, -0.1) is 0 Å². The molecular formula is C20H27ClN2O2. The number of nitrogens with one attached hydrogen (secondary N) is 1. The molecule has 136 valence electrons. The van der Waals surface area contributed by atoms with Crippen molar-refractivity contribution in [1.29, 1.82) is 0 Å². The molecule has 4 nitrogen and oxygen atoms in total. The Morgan fingerprint density at radius 2 is 2.00 bits per heavy atom. The van der Waals surface area contributed by atoms with E-state index >= 15 is 0 Å². The normalized spacial score (nSPS) is 35.0. The summed E-state index contributed by atoms with van der Waals surface area (Å²) in [6.07, 6.45) is 5.39. The van der Waals surface area contributed by atoms with Gasteiger partial charge < -0.3 is 15.0 Å². The van der Waals surface area contributed by atoms with Crippen molar-refractivity contribution < 1.29 is 9.53 Å². The largest absolute Gasteiger partial charge is 0.369 e. The molecule has 0 aromatic heterocycles. The standard InChI is InChI=1S/C20H27ClN2O2/c1-13-12-25-19(17-4-2-3-5-18(17)21)11-23(13)20(24)10-14-8-15-6-7-16(9-14)22-15/h2-5,13-16,19,22H,6-12H2,1H3. The summed E-state index contributed by atoms with van der Waals surface area (Å²) in [6.45, 7) is 3.24. The van der Waals surface area contributed by atoms with E-state index in [0.717, 1.165) is 18.4 Å². The fraction of sp³-hybridized carbons (Fsp3) is 0.650. The van der Waals surface area contributed by atoms with Crippen LogP contribution < -0.4 is 5.32 Å². The Hall–Kier alpha value is -1.10. The molecule has 4 unspecified atom stereocenters. The van der Waals surface area contributed by atoms with E-state index in [1.165, 1.54) is 12.8 Å². The van der Waals surface area contributed by atoms with Crippen LogP contribution in [0.2, 0.25) is 5.02 Å². The molecule has 0 saturated carbocycles. The SMILES string of the molecule is CC1COC(c2ccccc2Cl)CN1C(=O)CC1CC2CCC(C1)N2. The minimum absolute atomic E-state index is 0.127. The van der Waals surface area contributed by atoms with Crippen molar-refractivity contribution in [3.8, 4) is 0 Å². The molecule has 1 aromatic rings. The monoisotopic (exact) mass is 362 g/mol. The summed E-state index contributed by atoms with van der Waals surface area (Å²) in [5.41, 5.74) is 0.980. The summed E-state index contributed by atoms with van der Waals surface area (Å²) in [4.78, 5) is 15.0. The third-order valence-corrected chi connectivity index (χ3v) is 6.38. The van der Waals surface area contributed by atoms with Crippen LogP contribution in [0.15, 0.2) is 24.3 Å². The van der Waals surface area contributed by atoms with Gasteiger partial charge in [0.1, 0.15) is 6.10 Å². The second kappa shape index (κ2) is 7.26. The molecule has 3 saturated heterocycles. The minimum atomic E-state index is -0.127. The van der Waals surface area contributed by atoms with Gasteiger partial charge in [0.15, 0.2) is 0 Å². The van der Waals surface area contributed by atoms with Crippen molar-refractivity contribution >= 4 is 17.5 Å². The maximum atomic E-state index is 13.0. The molecule has 3 aliphatic rings. The molecule has 0 aliphatic carbocycles. The number of fused-ring (bicyclic) bond motifs is 2. The van der Waals surface area contributed by atoms with E-state index in [1.54, 1.807) is 0 Å². The number of rotatable bonds is 3. The number of carbonyl (C=O) groups is 1. The second-order valence-corrected chi connectivity index (χ2v) is 8.33. The maximum absolute atomic E-state index is 13.0. The highest BCUT2D eigenvalue weighted by Gasteiger charge is 2.37. The van der Waals surface area contributed by atoms with Gasteiger partial charge >= 0.3 is 0 Å². The van der Waals surface area contributed by atoms with Crippen LogP contribution in [-0.4, -0.2) is 42.1 Å². The summed E-state index contributed by atoms with van der Waals surface area (Å²) < 4.78 is 5.98. The zero-order valence-electron chi connectivity index (χ0n) is 14.8. The molecule has 0 spiro atoms. The van der Waals surface area contributed by atoms with Crippen molar-refractivity contribution in [3.63, 3.8) is 0 Å². The number of hydrogen-bond acceptors (Lipinski definition) is 3. The molecule has 1 amide bonds. The third kappa shape index (κ3) is 3.71. The predicted octanol–water partition coefficient (Wildman–Crippen LogP) is 3.55. The molecule has 4 atom stereocenters. The number of hydrogen-bond donors (Lipinski definition) is 1. The summed E-state index contributed by atoms with van der Waals surface area (Å²) in [7, 11) is 0. The van der Waals surface area contributed by atoms with Crippen LogP contribution in [0.5, 0.6) is 0 Å². The lowest BCUT2D eigenvalue weighted by molar-refractivity contribution is -0.145. The van der Waals surface area contributed by atoms with Gasteiger partial charge in [-0.05, 0) is 44.6 Å². The van der Waals surface area contributed by atoms with Crippen LogP contribution >= 0.6 is 11.6 Å². The van der Waals surface area contributed by atoms with E-state index in [1.807, 2.05) is 29.2 Å². The number of morpholine rings is 1. The number of piperidine rings is 1. The Labute approximate surface area is 154 Å². The molecule has 2 bridgehead atoms. The quantitative estimate of drug-likeness (QED) is 0.894. The van der Waals surface area contributed by atoms with E-state index in [0.29, 0.717) is 42.6 Å². The molecule has 25 heavy (non-hydrogen) atoms. The molecule has 1 N–H and O–H groups in total. The fourth-order valence-electron chi connectivity index (χ4n) is 4.73. The van der Waals surface area contributed by atoms with Crippen LogP contribution in [0.1, 0.15) is 50.7 Å². The number of nitrogens with zero attached hydrogens (tertiary/aromatic N) is 1. The molecule has 3 aliphatic heterocycles. The highest BCUT2D eigenvalue weighted by Crippen LogP contribution is 2.34. The first-order chi connectivity index (χ1) is 12.1. The van der Waals surface area contributed by atoms with Crippen LogP contribution in [0.25, 0.3) is 0 Å². The van der Waals surface area contributed by atoms with Crippen LogP contribution in [0, 0.1) is 5.92 Å². The van der Waals surface area contributed by atoms with Gasteiger partial charge in [-0.2, -0.15) is 0 Å². The Balaban J connectivity index is 1.41. The van der Waals surface area contributed by atoms with Gasteiger partial charge in [0.2, 0.25) is 5.91 Å². The lowest BCUT2D eigenvalue weighted by Crippen LogP contribution is -2.49. The van der Waals surface area contributed by atoms with Crippen LogP contribution in [-0.2, 0) is 9.53 Å². The smallest absolute Gasteiger partial charge is 0.223 e. The van der Waals surface area contributed by atoms with Gasteiger partial charge in [-0.25, -0.2) is 0 Å². The van der Waals surface area contributed by atoms with E-state index in [2.05, 4.69) is 12.2 Å².